The molecule has 32 heavy (non-hydrogen) atoms. The average Bonchev–Trinajstić information content (AvgIpc) is 2.84. The number of hydrogen-bond acceptors (Lipinski definition) is 3. The summed E-state index contributed by atoms with van der Waals surface area (Å²) in [6.07, 6.45) is 3.56. The van der Waals surface area contributed by atoms with Crippen LogP contribution in [-0.4, -0.2) is 10.2 Å². The van der Waals surface area contributed by atoms with Crippen molar-refractivity contribution in [1.29, 1.82) is 0 Å². The molecule has 1 unspecified atom stereocenters. The maximum Gasteiger partial charge on any atom is 0.167 e. The first-order valence-corrected chi connectivity index (χ1v) is 11.7. The van der Waals surface area contributed by atoms with E-state index in [1.165, 1.54) is 0 Å². The van der Waals surface area contributed by atoms with E-state index in [0.29, 0.717) is 24.7 Å². The Hall–Kier alpha value is -2.85. The van der Waals surface area contributed by atoms with Gasteiger partial charge in [-0.25, -0.2) is 0 Å². The third-order valence-corrected chi connectivity index (χ3v) is 6.33. The highest BCUT2D eigenvalue weighted by molar-refractivity contribution is 7.80. The second-order valence-corrected chi connectivity index (χ2v) is 8.44. The highest BCUT2D eigenvalue weighted by Crippen LogP contribution is 2.40. The lowest BCUT2D eigenvalue weighted by Crippen LogP contribution is -2.34. The first-order valence-electron chi connectivity index (χ1n) is 11.3. The molecular formula is C28H32O3S. The maximum absolute atomic E-state index is 10.5. The molecule has 0 aliphatic heterocycles. The Kier molecular flexibility index (Phi) is 8.69. The zero-order valence-corrected chi connectivity index (χ0v) is 19.7. The third kappa shape index (κ3) is 5.89. The van der Waals surface area contributed by atoms with Gasteiger partial charge in [0, 0.05) is 0 Å². The molecule has 0 aliphatic rings. The smallest absolute Gasteiger partial charge is 0.167 e. The van der Waals surface area contributed by atoms with E-state index in [2.05, 4.69) is 13.8 Å². The molecule has 3 rings (SSSR count). The summed E-state index contributed by atoms with van der Waals surface area (Å²) in [6, 6.07) is 26.1. The Bertz CT molecular complexity index is 988. The highest BCUT2D eigenvalue weighted by Gasteiger charge is 2.35. The van der Waals surface area contributed by atoms with E-state index < -0.39 is 5.41 Å². The van der Waals surface area contributed by atoms with Crippen LogP contribution in [0.15, 0.2) is 78.9 Å². The van der Waals surface area contributed by atoms with Crippen LogP contribution in [-0.2, 0) is 18.6 Å². The van der Waals surface area contributed by atoms with Gasteiger partial charge in [-0.05, 0) is 53.9 Å². The fourth-order valence-electron chi connectivity index (χ4n) is 3.89. The lowest BCUT2D eigenvalue weighted by Gasteiger charge is -2.32. The lowest BCUT2D eigenvalue weighted by molar-refractivity contribution is 0.255. The lowest BCUT2D eigenvalue weighted by atomic mass is 9.74. The molecule has 0 amide bonds. The maximum atomic E-state index is 10.5. The monoisotopic (exact) mass is 448 g/mol. The van der Waals surface area contributed by atoms with Gasteiger partial charge in [0.2, 0.25) is 0 Å². The zero-order chi connectivity index (χ0) is 22.8. The Morgan fingerprint density at radius 1 is 0.812 bits per heavy atom. The minimum atomic E-state index is -0.561. The standard InChI is InChI=1S/C28H32O3S/c1-3-5-18-28(4-2,27(29)32)24-16-17-25(30-20-22-12-8-6-9-13-22)26(19-24)31-21-23-14-10-7-11-15-23/h6-17,19H,3-5,18,20-21H2,1-2H3,(H,29,32). The van der Waals surface area contributed by atoms with E-state index in [-0.39, 0.29) is 5.05 Å². The number of aliphatic hydroxyl groups excluding tert-OH is 1. The molecule has 0 saturated heterocycles. The van der Waals surface area contributed by atoms with Crippen LogP contribution in [0.1, 0.15) is 56.2 Å². The summed E-state index contributed by atoms with van der Waals surface area (Å²) in [7, 11) is 0. The quantitative estimate of drug-likeness (QED) is 0.290. The van der Waals surface area contributed by atoms with Gasteiger partial charge in [-0.15, -0.1) is 0 Å². The normalized spacial score (nSPS) is 12.7. The van der Waals surface area contributed by atoms with E-state index in [9.17, 15) is 5.11 Å². The van der Waals surface area contributed by atoms with Crippen molar-refractivity contribution < 1.29 is 14.6 Å². The summed E-state index contributed by atoms with van der Waals surface area (Å²) >= 11 is 5.34. The van der Waals surface area contributed by atoms with Crippen molar-refractivity contribution in [2.75, 3.05) is 0 Å². The van der Waals surface area contributed by atoms with Crippen LogP contribution in [0, 0.1) is 0 Å². The fourth-order valence-corrected chi connectivity index (χ4v) is 4.26. The fraction of sp³-hybridized carbons (Fsp3) is 0.321. The van der Waals surface area contributed by atoms with E-state index >= 15 is 0 Å². The summed E-state index contributed by atoms with van der Waals surface area (Å²) < 4.78 is 12.4. The number of hydrogen-bond donors (Lipinski definition) is 1. The second kappa shape index (κ2) is 11.7. The van der Waals surface area contributed by atoms with Gasteiger partial charge in [0.1, 0.15) is 13.2 Å². The first-order chi connectivity index (χ1) is 15.6. The van der Waals surface area contributed by atoms with Crippen LogP contribution in [0.25, 0.3) is 0 Å². The van der Waals surface area contributed by atoms with Gasteiger partial charge < -0.3 is 14.6 Å². The van der Waals surface area contributed by atoms with Crippen molar-refractivity contribution >= 4 is 17.3 Å². The van der Waals surface area contributed by atoms with E-state index in [1.54, 1.807) is 0 Å². The zero-order valence-electron chi connectivity index (χ0n) is 18.9. The van der Waals surface area contributed by atoms with E-state index in [1.807, 2.05) is 78.9 Å². The number of unbranched alkanes of at least 4 members (excludes halogenated alkanes) is 1. The van der Waals surface area contributed by atoms with Gasteiger partial charge in [0.25, 0.3) is 0 Å². The van der Waals surface area contributed by atoms with Crippen molar-refractivity contribution in [2.24, 2.45) is 0 Å². The number of ether oxygens (including phenoxy) is 2. The molecule has 3 aromatic rings. The SMILES string of the molecule is CCCCC(CC)(C(O)=S)c1ccc(OCc2ccccc2)c(OCc2ccccc2)c1. The van der Waals surface area contributed by atoms with Crippen molar-refractivity contribution in [3.05, 3.63) is 95.6 Å². The third-order valence-electron chi connectivity index (χ3n) is 5.94. The van der Waals surface area contributed by atoms with Crippen LogP contribution in [0.2, 0.25) is 0 Å². The van der Waals surface area contributed by atoms with E-state index in [4.69, 9.17) is 21.7 Å². The molecule has 0 fully saturated rings. The van der Waals surface area contributed by atoms with Gasteiger partial charge in [0.05, 0.1) is 5.41 Å². The molecule has 4 heteroatoms. The highest BCUT2D eigenvalue weighted by atomic mass is 32.1. The second-order valence-electron chi connectivity index (χ2n) is 8.05. The molecule has 1 N–H and O–H groups in total. The minimum absolute atomic E-state index is 0.0420. The summed E-state index contributed by atoms with van der Waals surface area (Å²) in [5, 5.41) is 10.6. The van der Waals surface area contributed by atoms with Gasteiger partial charge in [0.15, 0.2) is 16.5 Å². The molecule has 3 aromatic carbocycles. The van der Waals surface area contributed by atoms with Crippen LogP contribution < -0.4 is 9.47 Å². The molecule has 0 bridgehead atoms. The number of thiocarbonyl (C=S) groups is 1. The summed E-state index contributed by atoms with van der Waals surface area (Å²) in [4.78, 5) is 0. The number of benzene rings is 3. The summed E-state index contributed by atoms with van der Waals surface area (Å²) in [6.45, 7) is 5.11. The molecule has 3 nitrogen and oxygen atoms in total. The number of aliphatic hydroxyl groups is 1. The predicted octanol–water partition coefficient (Wildman–Crippen LogP) is 7.57. The number of rotatable bonds is 12. The van der Waals surface area contributed by atoms with Crippen molar-refractivity contribution in [3.8, 4) is 11.5 Å². The summed E-state index contributed by atoms with van der Waals surface area (Å²) in [5.74, 6) is 1.34. The Morgan fingerprint density at radius 3 is 1.88 bits per heavy atom. The first kappa shape index (κ1) is 23.8. The minimum Gasteiger partial charge on any atom is -0.501 e. The van der Waals surface area contributed by atoms with Crippen LogP contribution in [0.5, 0.6) is 11.5 Å². The average molecular weight is 449 g/mol. The van der Waals surface area contributed by atoms with Crippen molar-refractivity contribution in [1.82, 2.24) is 0 Å². The molecule has 0 radical (unpaired) electrons. The van der Waals surface area contributed by atoms with Crippen molar-refractivity contribution in [2.45, 2.75) is 58.2 Å². The summed E-state index contributed by atoms with van der Waals surface area (Å²) in [5.41, 5.74) is 2.58. The molecule has 1 atom stereocenters. The molecular weight excluding hydrogens is 416 g/mol. The van der Waals surface area contributed by atoms with Gasteiger partial charge in [-0.2, -0.15) is 0 Å². The van der Waals surface area contributed by atoms with Gasteiger partial charge in [-0.1, -0.05) is 93.4 Å². The molecule has 168 valence electrons. The largest absolute Gasteiger partial charge is 0.501 e. The van der Waals surface area contributed by atoms with Gasteiger partial charge >= 0.3 is 0 Å². The van der Waals surface area contributed by atoms with Crippen LogP contribution in [0.3, 0.4) is 0 Å². The topological polar surface area (TPSA) is 38.7 Å². The van der Waals surface area contributed by atoms with Crippen LogP contribution in [0.4, 0.5) is 0 Å². The van der Waals surface area contributed by atoms with E-state index in [0.717, 1.165) is 42.4 Å². The van der Waals surface area contributed by atoms with Crippen molar-refractivity contribution in [3.63, 3.8) is 0 Å². The molecule has 0 aliphatic carbocycles. The van der Waals surface area contributed by atoms with Crippen LogP contribution >= 0.6 is 12.2 Å². The van der Waals surface area contributed by atoms with Gasteiger partial charge in [-0.3, -0.25) is 0 Å². The predicted molar refractivity (Wildman–Crippen MR) is 135 cm³/mol. The molecule has 0 aromatic heterocycles. The Morgan fingerprint density at radius 2 is 1.38 bits per heavy atom. The Labute approximate surface area is 197 Å². The Balaban J connectivity index is 1.92. The molecule has 0 spiro atoms. The molecule has 0 heterocycles. The molecule has 0 saturated carbocycles.